The second-order valence-electron chi connectivity index (χ2n) is 7.54. The molecule has 0 aliphatic carbocycles. The van der Waals surface area contributed by atoms with E-state index >= 15 is 0 Å². The predicted molar refractivity (Wildman–Crippen MR) is 96.5 cm³/mol. The monoisotopic (exact) mass is 316 g/mol. The molecule has 0 amide bonds. The maximum atomic E-state index is 6.26. The molecule has 0 bridgehead atoms. The Morgan fingerprint density at radius 3 is 2.13 bits per heavy atom. The molecule has 2 aliphatic rings. The third kappa shape index (κ3) is 3.15. The molecule has 5 heteroatoms. The second kappa shape index (κ2) is 6.12. The summed E-state index contributed by atoms with van der Waals surface area (Å²) in [5.74, 6) is 0. The van der Waals surface area contributed by atoms with E-state index in [9.17, 15) is 0 Å². The Bertz CT molecular complexity index is 540. The highest BCUT2D eigenvalue weighted by molar-refractivity contribution is 6.62. The van der Waals surface area contributed by atoms with E-state index in [-0.39, 0.29) is 18.3 Å². The highest BCUT2D eigenvalue weighted by atomic mass is 16.7. The Morgan fingerprint density at radius 2 is 1.61 bits per heavy atom. The lowest BCUT2D eigenvalue weighted by atomic mass is 9.79. The van der Waals surface area contributed by atoms with Crippen LogP contribution in [0.25, 0.3) is 0 Å². The van der Waals surface area contributed by atoms with Gasteiger partial charge in [-0.25, -0.2) is 0 Å². The summed E-state index contributed by atoms with van der Waals surface area (Å²) in [6.07, 6.45) is 0.940. The van der Waals surface area contributed by atoms with Gasteiger partial charge < -0.3 is 19.1 Å². The minimum absolute atomic E-state index is 0.242. The second-order valence-corrected chi connectivity index (χ2v) is 7.54. The molecule has 1 aromatic rings. The Hall–Kier alpha value is -1.04. The highest BCUT2D eigenvalue weighted by Gasteiger charge is 2.53. The fourth-order valence-electron chi connectivity index (χ4n) is 3.35. The summed E-state index contributed by atoms with van der Waals surface area (Å²) in [7, 11) is 1.92. The van der Waals surface area contributed by atoms with Crippen LogP contribution in [-0.2, 0) is 9.31 Å². The third-order valence-electron chi connectivity index (χ3n) is 5.75. The zero-order valence-corrected chi connectivity index (χ0v) is 15.1. The van der Waals surface area contributed by atoms with Crippen molar-refractivity contribution in [1.29, 1.82) is 0 Å². The summed E-state index contributed by atoms with van der Waals surface area (Å²) >= 11 is 0. The van der Waals surface area contributed by atoms with Crippen molar-refractivity contribution in [2.45, 2.75) is 45.3 Å². The predicted octanol–water partition coefficient (Wildman–Crippen LogP) is 2.13. The lowest BCUT2D eigenvalue weighted by molar-refractivity contribution is -0.0118. The molecule has 1 unspecified atom stereocenters. The van der Waals surface area contributed by atoms with Crippen LogP contribution in [0.5, 0.6) is 0 Å². The molecule has 126 valence electrons. The van der Waals surface area contributed by atoms with Crippen LogP contribution in [0.3, 0.4) is 0 Å². The SMILES string of the molecule is CCC1(C)OB(c2ccc(N3CCN(C)CC3)cc2)OC1(C)C. The lowest BCUT2D eigenvalue weighted by Gasteiger charge is -2.35. The zero-order valence-electron chi connectivity index (χ0n) is 15.1. The molecule has 0 aromatic heterocycles. The molecular formula is C18H29BN2O2. The van der Waals surface area contributed by atoms with E-state index in [1.54, 1.807) is 0 Å². The minimum atomic E-state index is -0.275. The summed E-state index contributed by atoms with van der Waals surface area (Å²) in [4.78, 5) is 4.82. The van der Waals surface area contributed by atoms with E-state index in [0.29, 0.717) is 0 Å². The number of piperazine rings is 1. The van der Waals surface area contributed by atoms with Crippen molar-refractivity contribution < 1.29 is 9.31 Å². The average Bonchev–Trinajstić information content (AvgIpc) is 2.79. The molecule has 1 atom stereocenters. The third-order valence-corrected chi connectivity index (χ3v) is 5.75. The molecule has 0 N–H and O–H groups in total. The number of nitrogens with zero attached hydrogens (tertiary/aromatic N) is 2. The molecule has 3 rings (SSSR count). The molecule has 2 saturated heterocycles. The summed E-state index contributed by atoms with van der Waals surface area (Å²) in [6, 6.07) is 8.69. The van der Waals surface area contributed by atoms with Crippen molar-refractivity contribution in [2.24, 2.45) is 0 Å². The molecule has 0 saturated carbocycles. The van der Waals surface area contributed by atoms with E-state index in [1.165, 1.54) is 5.69 Å². The number of likely N-dealkylation sites (N-methyl/N-ethyl adjacent to an activating group) is 1. The molecule has 2 aliphatic heterocycles. The first-order valence-corrected chi connectivity index (χ1v) is 8.74. The van der Waals surface area contributed by atoms with Crippen molar-refractivity contribution >= 4 is 18.3 Å². The van der Waals surface area contributed by atoms with Gasteiger partial charge in [0.15, 0.2) is 0 Å². The van der Waals surface area contributed by atoms with E-state index in [2.05, 4.69) is 68.8 Å². The Morgan fingerprint density at radius 1 is 1.00 bits per heavy atom. The molecular weight excluding hydrogens is 287 g/mol. The molecule has 1 aromatic carbocycles. The summed E-state index contributed by atoms with van der Waals surface area (Å²) in [6.45, 7) is 13.0. The van der Waals surface area contributed by atoms with Crippen molar-refractivity contribution in [3.63, 3.8) is 0 Å². The van der Waals surface area contributed by atoms with Gasteiger partial charge in [-0.05, 0) is 51.8 Å². The smallest absolute Gasteiger partial charge is 0.399 e. The van der Waals surface area contributed by atoms with E-state index in [1.807, 2.05) is 0 Å². The summed E-state index contributed by atoms with van der Waals surface area (Å²) in [5, 5.41) is 0. The lowest BCUT2D eigenvalue weighted by Crippen LogP contribution is -2.44. The molecule has 23 heavy (non-hydrogen) atoms. The van der Waals surface area contributed by atoms with Crippen molar-refractivity contribution in [2.75, 3.05) is 38.1 Å². The number of rotatable bonds is 3. The Labute approximate surface area is 140 Å². The van der Waals surface area contributed by atoms with Gasteiger partial charge in [0.1, 0.15) is 0 Å². The first-order chi connectivity index (χ1) is 10.8. The molecule has 0 spiro atoms. The fourth-order valence-corrected chi connectivity index (χ4v) is 3.35. The van der Waals surface area contributed by atoms with Gasteiger partial charge in [0.05, 0.1) is 11.2 Å². The van der Waals surface area contributed by atoms with Crippen LogP contribution < -0.4 is 10.4 Å². The number of benzene rings is 1. The zero-order chi connectivity index (χ0) is 16.7. The Balaban J connectivity index is 1.71. The quantitative estimate of drug-likeness (QED) is 0.798. The summed E-state index contributed by atoms with van der Waals surface area (Å²) in [5.41, 5.74) is 1.88. The number of hydrogen-bond donors (Lipinski definition) is 0. The van der Waals surface area contributed by atoms with Crippen molar-refractivity contribution in [3.8, 4) is 0 Å². The molecule has 0 radical (unpaired) electrons. The van der Waals surface area contributed by atoms with Gasteiger partial charge in [-0.2, -0.15) is 0 Å². The van der Waals surface area contributed by atoms with Crippen LogP contribution in [-0.4, -0.2) is 56.4 Å². The molecule has 2 heterocycles. The van der Waals surface area contributed by atoms with Gasteiger partial charge in [-0.1, -0.05) is 19.1 Å². The van der Waals surface area contributed by atoms with Crippen LogP contribution in [0.2, 0.25) is 0 Å². The molecule has 4 nitrogen and oxygen atoms in total. The maximum absolute atomic E-state index is 6.26. The largest absolute Gasteiger partial charge is 0.494 e. The minimum Gasteiger partial charge on any atom is -0.399 e. The van der Waals surface area contributed by atoms with Crippen LogP contribution in [0.4, 0.5) is 5.69 Å². The Kier molecular flexibility index (Phi) is 4.47. The van der Waals surface area contributed by atoms with E-state index < -0.39 is 0 Å². The van der Waals surface area contributed by atoms with Crippen molar-refractivity contribution in [1.82, 2.24) is 4.90 Å². The van der Waals surface area contributed by atoms with Gasteiger partial charge in [-0.3, -0.25) is 0 Å². The van der Waals surface area contributed by atoms with Gasteiger partial charge in [-0.15, -0.1) is 0 Å². The standard InChI is InChI=1S/C18H29BN2O2/c1-6-18(4)17(2,3)22-19(23-18)15-7-9-16(10-8-15)21-13-11-20(5)12-14-21/h7-10H,6,11-14H2,1-5H3. The highest BCUT2D eigenvalue weighted by Crippen LogP contribution is 2.39. The van der Waals surface area contributed by atoms with Gasteiger partial charge in [0.2, 0.25) is 0 Å². The fraction of sp³-hybridized carbons (Fsp3) is 0.667. The number of hydrogen-bond acceptors (Lipinski definition) is 4. The van der Waals surface area contributed by atoms with Crippen molar-refractivity contribution in [3.05, 3.63) is 24.3 Å². The first kappa shape index (κ1) is 16.8. The summed E-state index contributed by atoms with van der Waals surface area (Å²) < 4.78 is 12.5. The van der Waals surface area contributed by atoms with Crippen LogP contribution in [0.15, 0.2) is 24.3 Å². The van der Waals surface area contributed by atoms with Crippen LogP contribution in [0.1, 0.15) is 34.1 Å². The van der Waals surface area contributed by atoms with Crippen LogP contribution >= 0.6 is 0 Å². The van der Waals surface area contributed by atoms with Crippen LogP contribution in [0, 0.1) is 0 Å². The van der Waals surface area contributed by atoms with Gasteiger partial charge >= 0.3 is 7.12 Å². The first-order valence-electron chi connectivity index (χ1n) is 8.74. The number of anilines is 1. The van der Waals surface area contributed by atoms with Gasteiger partial charge in [0.25, 0.3) is 0 Å². The van der Waals surface area contributed by atoms with E-state index in [4.69, 9.17) is 9.31 Å². The van der Waals surface area contributed by atoms with E-state index in [0.717, 1.165) is 38.1 Å². The molecule has 2 fully saturated rings. The average molecular weight is 316 g/mol. The topological polar surface area (TPSA) is 24.9 Å². The normalized spacial score (nSPS) is 28.4. The van der Waals surface area contributed by atoms with Gasteiger partial charge in [0, 0.05) is 31.9 Å². The maximum Gasteiger partial charge on any atom is 0.494 e.